The second-order valence-electron chi connectivity index (χ2n) is 7.84. The predicted octanol–water partition coefficient (Wildman–Crippen LogP) is 3.72. The average molecular weight is 388 g/mol. The first-order valence-corrected chi connectivity index (χ1v) is 10.2. The topological polar surface area (TPSA) is 60.2 Å². The van der Waals surface area contributed by atoms with Gasteiger partial charge in [-0.25, -0.2) is 0 Å². The Morgan fingerprint density at radius 1 is 0.862 bits per heavy atom. The van der Waals surface area contributed by atoms with Gasteiger partial charge in [-0.05, 0) is 48.9 Å². The molecule has 0 N–H and O–H groups in total. The molecule has 2 unspecified atom stereocenters. The van der Waals surface area contributed by atoms with Gasteiger partial charge in [0.25, 0.3) is 5.91 Å². The monoisotopic (exact) mass is 388 g/mol. The van der Waals surface area contributed by atoms with Crippen LogP contribution in [0.1, 0.15) is 31.7 Å². The van der Waals surface area contributed by atoms with Gasteiger partial charge in [0.2, 0.25) is 0 Å². The van der Waals surface area contributed by atoms with Gasteiger partial charge in [0.15, 0.2) is 6.61 Å². The Bertz CT molecular complexity index is 942. The summed E-state index contributed by atoms with van der Waals surface area (Å²) >= 11 is 0. The van der Waals surface area contributed by atoms with E-state index in [-0.39, 0.29) is 30.6 Å². The fourth-order valence-corrected chi connectivity index (χ4v) is 4.75. The molecule has 2 fully saturated rings. The summed E-state index contributed by atoms with van der Waals surface area (Å²) in [7, 11) is 0. The number of aromatic nitrogens is 3. The number of hydrogen-bond donors (Lipinski definition) is 0. The van der Waals surface area contributed by atoms with Crippen LogP contribution >= 0.6 is 0 Å². The molecule has 0 aliphatic carbocycles. The van der Waals surface area contributed by atoms with Crippen molar-refractivity contribution in [2.24, 2.45) is 0 Å². The van der Waals surface area contributed by atoms with E-state index in [0.717, 1.165) is 37.0 Å². The highest BCUT2D eigenvalue weighted by Crippen LogP contribution is 2.40. The summed E-state index contributed by atoms with van der Waals surface area (Å²) in [6.07, 6.45) is 7.39. The fourth-order valence-electron chi connectivity index (χ4n) is 4.75. The smallest absolute Gasteiger partial charge is 0.261 e. The maximum Gasteiger partial charge on any atom is 0.261 e. The predicted molar refractivity (Wildman–Crippen MR) is 109 cm³/mol. The minimum Gasteiger partial charge on any atom is -0.484 e. The summed E-state index contributed by atoms with van der Waals surface area (Å²) in [4.78, 5) is 16.7. The van der Waals surface area contributed by atoms with E-state index in [1.165, 1.54) is 5.56 Å². The van der Waals surface area contributed by atoms with Crippen LogP contribution in [-0.4, -0.2) is 44.5 Å². The maximum atomic E-state index is 12.9. The molecular weight excluding hydrogens is 364 g/mol. The van der Waals surface area contributed by atoms with Crippen LogP contribution in [0.25, 0.3) is 11.1 Å². The van der Waals surface area contributed by atoms with E-state index < -0.39 is 0 Å². The number of ether oxygens (including phenoxy) is 1. The molecule has 6 heteroatoms. The Morgan fingerprint density at radius 3 is 2.14 bits per heavy atom. The van der Waals surface area contributed by atoms with Gasteiger partial charge in [-0.2, -0.15) is 15.0 Å². The Kier molecular flexibility index (Phi) is 4.76. The summed E-state index contributed by atoms with van der Waals surface area (Å²) in [5.74, 6) is 0.803. The van der Waals surface area contributed by atoms with Crippen molar-refractivity contribution in [3.63, 3.8) is 0 Å². The van der Waals surface area contributed by atoms with Crippen LogP contribution in [-0.2, 0) is 4.79 Å². The average Bonchev–Trinajstić information content (AvgIpc) is 3.40. The first kappa shape index (κ1) is 17.9. The lowest BCUT2D eigenvalue weighted by Crippen LogP contribution is -2.48. The Hall–Kier alpha value is -3.15. The quantitative estimate of drug-likeness (QED) is 0.668. The number of rotatable bonds is 5. The van der Waals surface area contributed by atoms with E-state index >= 15 is 0 Å². The summed E-state index contributed by atoms with van der Waals surface area (Å²) in [5, 5.41) is 8.58. The van der Waals surface area contributed by atoms with Crippen LogP contribution in [0.3, 0.4) is 0 Å². The molecule has 29 heavy (non-hydrogen) atoms. The summed E-state index contributed by atoms with van der Waals surface area (Å²) in [6.45, 7) is 0.0857. The van der Waals surface area contributed by atoms with Crippen molar-refractivity contribution in [2.45, 2.75) is 43.8 Å². The fraction of sp³-hybridized carbons (Fsp3) is 0.348. The van der Waals surface area contributed by atoms with Crippen LogP contribution < -0.4 is 4.74 Å². The number of amides is 1. The van der Waals surface area contributed by atoms with Crippen molar-refractivity contribution in [3.8, 4) is 16.9 Å². The van der Waals surface area contributed by atoms with E-state index in [1.807, 2.05) is 42.5 Å². The highest BCUT2D eigenvalue weighted by molar-refractivity contribution is 5.79. The molecule has 0 spiro atoms. The number of fused-ring (bicyclic) bond motifs is 2. The number of nitrogens with zero attached hydrogens (tertiary/aromatic N) is 4. The molecule has 2 atom stereocenters. The molecule has 5 rings (SSSR count). The van der Waals surface area contributed by atoms with E-state index in [2.05, 4.69) is 27.2 Å². The molecule has 2 bridgehead atoms. The van der Waals surface area contributed by atoms with Gasteiger partial charge >= 0.3 is 0 Å². The van der Waals surface area contributed by atoms with Crippen LogP contribution in [0.15, 0.2) is 67.0 Å². The highest BCUT2D eigenvalue weighted by Gasteiger charge is 2.44. The SMILES string of the molecule is O=C(COc1ccc(-c2ccccc2)cc1)N1C2CCC1CC(n1nccn1)C2. The van der Waals surface area contributed by atoms with E-state index in [9.17, 15) is 4.79 Å². The molecule has 3 aromatic rings. The zero-order chi connectivity index (χ0) is 19.6. The maximum absolute atomic E-state index is 12.9. The van der Waals surface area contributed by atoms with Gasteiger partial charge < -0.3 is 9.64 Å². The normalized spacial score (nSPS) is 23.2. The van der Waals surface area contributed by atoms with Crippen molar-refractivity contribution in [2.75, 3.05) is 6.61 Å². The molecule has 1 aromatic heterocycles. The molecule has 0 saturated carbocycles. The summed E-state index contributed by atoms with van der Waals surface area (Å²) < 4.78 is 5.81. The number of benzene rings is 2. The molecule has 2 aliphatic heterocycles. The molecular formula is C23H24N4O2. The largest absolute Gasteiger partial charge is 0.484 e. The molecule has 6 nitrogen and oxygen atoms in total. The number of hydrogen-bond acceptors (Lipinski definition) is 4. The van der Waals surface area contributed by atoms with Crippen molar-refractivity contribution in [1.82, 2.24) is 19.9 Å². The molecule has 0 radical (unpaired) electrons. The van der Waals surface area contributed by atoms with Gasteiger partial charge in [-0.1, -0.05) is 42.5 Å². The minimum atomic E-state index is 0.0801. The second kappa shape index (κ2) is 7.70. The van der Waals surface area contributed by atoms with Crippen LogP contribution in [0.5, 0.6) is 5.75 Å². The third-order valence-electron chi connectivity index (χ3n) is 6.08. The molecule has 2 saturated heterocycles. The van der Waals surface area contributed by atoms with Gasteiger partial charge in [-0.3, -0.25) is 4.79 Å². The summed E-state index contributed by atoms with van der Waals surface area (Å²) in [6, 6.07) is 19.0. The first-order valence-electron chi connectivity index (χ1n) is 10.2. The van der Waals surface area contributed by atoms with Crippen LogP contribution in [0, 0.1) is 0 Å². The van der Waals surface area contributed by atoms with Gasteiger partial charge in [0.05, 0.1) is 18.4 Å². The van der Waals surface area contributed by atoms with E-state index in [0.29, 0.717) is 0 Å². The molecule has 148 valence electrons. The lowest BCUT2D eigenvalue weighted by Gasteiger charge is -2.38. The third-order valence-corrected chi connectivity index (χ3v) is 6.08. The Balaban J connectivity index is 1.19. The Morgan fingerprint density at radius 2 is 1.48 bits per heavy atom. The van der Waals surface area contributed by atoms with Crippen LogP contribution in [0.4, 0.5) is 0 Å². The molecule has 2 aliphatic rings. The zero-order valence-electron chi connectivity index (χ0n) is 16.2. The highest BCUT2D eigenvalue weighted by atomic mass is 16.5. The van der Waals surface area contributed by atoms with Gasteiger partial charge in [0, 0.05) is 12.1 Å². The lowest BCUT2D eigenvalue weighted by molar-refractivity contribution is -0.138. The van der Waals surface area contributed by atoms with Crippen molar-refractivity contribution >= 4 is 5.91 Å². The number of carbonyl (C=O) groups is 1. The molecule has 3 heterocycles. The first-order chi connectivity index (χ1) is 14.3. The zero-order valence-corrected chi connectivity index (χ0v) is 16.2. The van der Waals surface area contributed by atoms with Crippen molar-refractivity contribution in [1.29, 1.82) is 0 Å². The minimum absolute atomic E-state index is 0.0801. The Labute approximate surface area is 170 Å². The van der Waals surface area contributed by atoms with E-state index in [1.54, 1.807) is 17.2 Å². The van der Waals surface area contributed by atoms with Gasteiger partial charge in [0.1, 0.15) is 5.75 Å². The number of piperidine rings is 1. The number of carbonyl (C=O) groups excluding carboxylic acids is 1. The van der Waals surface area contributed by atoms with Crippen LogP contribution in [0.2, 0.25) is 0 Å². The van der Waals surface area contributed by atoms with Crippen molar-refractivity contribution < 1.29 is 9.53 Å². The van der Waals surface area contributed by atoms with E-state index in [4.69, 9.17) is 4.74 Å². The third kappa shape index (κ3) is 3.62. The summed E-state index contributed by atoms with van der Waals surface area (Å²) in [5.41, 5.74) is 2.30. The standard InChI is InChI=1S/C23H24N4O2/c28-23(16-29-22-10-6-18(7-11-22)17-4-2-1-3-5-17)26-19-8-9-20(26)15-21(14-19)27-24-12-13-25-27/h1-7,10-13,19-21H,8-9,14-16H2. The second-order valence-corrected chi connectivity index (χ2v) is 7.84. The molecule has 2 aromatic carbocycles. The van der Waals surface area contributed by atoms with Gasteiger partial charge in [-0.15, -0.1) is 0 Å². The lowest BCUT2D eigenvalue weighted by atomic mass is 9.98. The van der Waals surface area contributed by atoms with Crippen molar-refractivity contribution in [3.05, 3.63) is 67.0 Å². The molecule has 1 amide bonds.